The molecule has 0 saturated carbocycles. The summed E-state index contributed by atoms with van der Waals surface area (Å²) in [6.45, 7) is -0.209. The average Bonchev–Trinajstić information content (AvgIpc) is 2.86. The Bertz CT molecular complexity index is 553. The molecule has 1 fully saturated rings. The zero-order valence-corrected chi connectivity index (χ0v) is 12.4. The Balaban J connectivity index is 1.86. The van der Waals surface area contributed by atoms with Gasteiger partial charge in [-0.15, -0.1) is 0 Å². The van der Waals surface area contributed by atoms with Crippen LogP contribution in [0.4, 0.5) is 4.39 Å². The molecule has 0 aliphatic carbocycles. The summed E-state index contributed by atoms with van der Waals surface area (Å²) < 4.78 is 24.1. The zero-order valence-electron chi connectivity index (χ0n) is 10.8. The fraction of sp³-hybridized carbons (Fsp3) is 0.385. The number of hydrogen-bond acceptors (Lipinski definition) is 4. The van der Waals surface area contributed by atoms with Crippen molar-refractivity contribution in [3.63, 3.8) is 0 Å². The molecular weight excluding hydrogens is 349 g/mol. The highest BCUT2D eigenvalue weighted by molar-refractivity contribution is 9.10. The molecule has 0 radical (unpaired) electrons. The molecule has 21 heavy (non-hydrogen) atoms. The fourth-order valence-corrected chi connectivity index (χ4v) is 2.26. The number of hydrogen-bond donors (Lipinski definition) is 2. The summed E-state index contributed by atoms with van der Waals surface area (Å²) in [4.78, 5) is 22.6. The van der Waals surface area contributed by atoms with Crippen molar-refractivity contribution in [2.75, 3.05) is 19.8 Å². The molecule has 0 spiro atoms. The molecule has 0 bridgehead atoms. The van der Waals surface area contributed by atoms with E-state index in [1.54, 1.807) is 6.07 Å². The molecule has 1 aliphatic heterocycles. The number of aliphatic carboxylic acids is 1. The Kier molecular flexibility index (Phi) is 5.13. The highest BCUT2D eigenvalue weighted by Gasteiger charge is 2.35. The Morgan fingerprint density at radius 1 is 1.48 bits per heavy atom. The maximum atomic E-state index is 13.5. The molecule has 0 aromatic heterocycles. The standard InChI is InChI=1S/C13H13BrFNO5/c14-7-1-2-11(9(15)3-7)21-6-12(17)16-10-5-20-4-8(10)13(18)19/h1-3,8,10H,4-6H2,(H,16,17)(H,18,19). The normalized spacial score (nSPS) is 21.0. The molecule has 2 rings (SSSR count). The lowest BCUT2D eigenvalue weighted by Gasteiger charge is -2.16. The molecule has 2 N–H and O–H groups in total. The fourth-order valence-electron chi connectivity index (χ4n) is 1.92. The van der Waals surface area contributed by atoms with Gasteiger partial charge in [-0.05, 0) is 18.2 Å². The van der Waals surface area contributed by atoms with E-state index in [0.717, 1.165) is 0 Å². The SMILES string of the molecule is O=C(COc1ccc(Br)cc1F)NC1COCC1C(=O)O. The summed E-state index contributed by atoms with van der Waals surface area (Å²) in [5.41, 5.74) is 0. The van der Waals surface area contributed by atoms with Crippen LogP contribution in [0.15, 0.2) is 22.7 Å². The largest absolute Gasteiger partial charge is 0.481 e. The molecule has 114 valence electrons. The molecular formula is C13H13BrFNO5. The van der Waals surface area contributed by atoms with Crippen molar-refractivity contribution in [1.29, 1.82) is 0 Å². The van der Waals surface area contributed by atoms with E-state index in [-0.39, 0.29) is 19.0 Å². The van der Waals surface area contributed by atoms with Crippen LogP contribution in [0, 0.1) is 11.7 Å². The van der Waals surface area contributed by atoms with Crippen LogP contribution in [-0.2, 0) is 14.3 Å². The van der Waals surface area contributed by atoms with Crippen LogP contribution < -0.4 is 10.1 Å². The van der Waals surface area contributed by atoms with Gasteiger partial charge in [0, 0.05) is 4.47 Å². The van der Waals surface area contributed by atoms with Crippen LogP contribution in [0.5, 0.6) is 5.75 Å². The molecule has 1 aromatic carbocycles. The minimum atomic E-state index is -1.03. The topological polar surface area (TPSA) is 84.9 Å². The van der Waals surface area contributed by atoms with Crippen molar-refractivity contribution in [2.45, 2.75) is 6.04 Å². The highest BCUT2D eigenvalue weighted by Crippen LogP contribution is 2.21. The molecule has 6 nitrogen and oxygen atoms in total. The molecule has 8 heteroatoms. The van der Waals surface area contributed by atoms with Crippen LogP contribution in [-0.4, -0.2) is 42.8 Å². The molecule has 1 aliphatic rings. The van der Waals surface area contributed by atoms with Gasteiger partial charge in [-0.1, -0.05) is 15.9 Å². The predicted molar refractivity (Wildman–Crippen MR) is 73.5 cm³/mol. The third-order valence-corrected chi connectivity index (χ3v) is 3.49. The molecule has 2 atom stereocenters. The Morgan fingerprint density at radius 3 is 2.90 bits per heavy atom. The Hall–Kier alpha value is -1.67. The van der Waals surface area contributed by atoms with E-state index >= 15 is 0 Å². The second kappa shape index (κ2) is 6.86. The van der Waals surface area contributed by atoms with Crippen LogP contribution in [0.2, 0.25) is 0 Å². The van der Waals surface area contributed by atoms with E-state index in [9.17, 15) is 14.0 Å². The highest BCUT2D eigenvalue weighted by atomic mass is 79.9. The number of amides is 1. The monoisotopic (exact) mass is 361 g/mol. The van der Waals surface area contributed by atoms with E-state index in [2.05, 4.69) is 21.2 Å². The third-order valence-electron chi connectivity index (χ3n) is 3.00. The van der Waals surface area contributed by atoms with Crippen LogP contribution in [0.3, 0.4) is 0 Å². The second-order valence-corrected chi connectivity index (χ2v) is 5.44. The van der Waals surface area contributed by atoms with Gasteiger partial charge in [-0.2, -0.15) is 0 Å². The quantitative estimate of drug-likeness (QED) is 0.822. The average molecular weight is 362 g/mol. The number of ether oxygens (including phenoxy) is 2. The van der Waals surface area contributed by atoms with Crippen molar-refractivity contribution in [2.24, 2.45) is 5.92 Å². The number of nitrogens with one attached hydrogen (secondary N) is 1. The minimum Gasteiger partial charge on any atom is -0.481 e. The summed E-state index contributed by atoms with van der Waals surface area (Å²) >= 11 is 3.11. The summed E-state index contributed by atoms with van der Waals surface area (Å²) in [6.07, 6.45) is 0. The van der Waals surface area contributed by atoms with Gasteiger partial charge < -0.3 is 19.9 Å². The number of halogens is 2. The van der Waals surface area contributed by atoms with Gasteiger partial charge in [0.05, 0.1) is 19.3 Å². The Labute approximate surface area is 128 Å². The maximum Gasteiger partial charge on any atom is 0.311 e. The van der Waals surface area contributed by atoms with Gasteiger partial charge in [0.25, 0.3) is 5.91 Å². The first-order valence-electron chi connectivity index (χ1n) is 6.15. The van der Waals surface area contributed by atoms with E-state index in [1.165, 1.54) is 12.1 Å². The minimum absolute atomic E-state index is 0.0502. The molecule has 1 heterocycles. The maximum absolute atomic E-state index is 13.5. The molecule has 2 unspecified atom stereocenters. The molecule has 1 amide bonds. The lowest BCUT2D eigenvalue weighted by Crippen LogP contribution is -2.44. The number of carbonyl (C=O) groups excluding carboxylic acids is 1. The van der Waals surface area contributed by atoms with Crippen molar-refractivity contribution >= 4 is 27.8 Å². The lowest BCUT2D eigenvalue weighted by atomic mass is 10.0. The van der Waals surface area contributed by atoms with Crippen LogP contribution in [0.1, 0.15) is 0 Å². The summed E-state index contributed by atoms with van der Waals surface area (Å²) in [5.74, 6) is -2.98. The van der Waals surface area contributed by atoms with Gasteiger partial charge in [0.1, 0.15) is 5.92 Å². The number of carbonyl (C=O) groups is 2. The first-order chi connectivity index (χ1) is 9.97. The number of carboxylic acids is 1. The number of benzene rings is 1. The Morgan fingerprint density at radius 2 is 2.24 bits per heavy atom. The van der Waals surface area contributed by atoms with Gasteiger partial charge >= 0.3 is 5.97 Å². The van der Waals surface area contributed by atoms with Crippen LogP contribution in [0.25, 0.3) is 0 Å². The zero-order chi connectivity index (χ0) is 15.4. The first kappa shape index (κ1) is 15.7. The third kappa shape index (κ3) is 4.15. The van der Waals surface area contributed by atoms with Gasteiger partial charge in [0.15, 0.2) is 18.2 Å². The van der Waals surface area contributed by atoms with Crippen molar-refractivity contribution < 1.29 is 28.6 Å². The summed E-state index contributed by atoms with van der Waals surface area (Å²) in [6, 6.07) is 3.60. The van der Waals surface area contributed by atoms with E-state index in [0.29, 0.717) is 4.47 Å². The number of carboxylic acid groups (broad SMARTS) is 1. The first-order valence-corrected chi connectivity index (χ1v) is 6.94. The van der Waals surface area contributed by atoms with E-state index in [1.807, 2.05) is 0 Å². The molecule has 1 aromatic rings. The van der Waals surface area contributed by atoms with Gasteiger partial charge in [-0.25, -0.2) is 4.39 Å². The van der Waals surface area contributed by atoms with E-state index in [4.69, 9.17) is 14.6 Å². The molecule has 1 saturated heterocycles. The smallest absolute Gasteiger partial charge is 0.311 e. The van der Waals surface area contributed by atoms with Gasteiger partial charge in [-0.3, -0.25) is 9.59 Å². The lowest BCUT2D eigenvalue weighted by molar-refractivity contribution is -0.142. The van der Waals surface area contributed by atoms with Crippen molar-refractivity contribution in [3.05, 3.63) is 28.5 Å². The van der Waals surface area contributed by atoms with Crippen molar-refractivity contribution in [3.8, 4) is 5.75 Å². The summed E-state index contributed by atoms with van der Waals surface area (Å²) in [7, 11) is 0. The second-order valence-electron chi connectivity index (χ2n) is 4.52. The predicted octanol–water partition coefficient (Wildman–Crippen LogP) is 1.18. The van der Waals surface area contributed by atoms with Crippen molar-refractivity contribution in [1.82, 2.24) is 5.32 Å². The summed E-state index contributed by atoms with van der Waals surface area (Å²) in [5, 5.41) is 11.5. The number of rotatable bonds is 5. The van der Waals surface area contributed by atoms with E-state index < -0.39 is 36.3 Å². The van der Waals surface area contributed by atoms with Gasteiger partial charge in [0.2, 0.25) is 0 Å². The van der Waals surface area contributed by atoms with Crippen LogP contribution >= 0.6 is 15.9 Å².